The molecule has 0 aliphatic carbocycles. The summed E-state index contributed by atoms with van der Waals surface area (Å²) < 4.78 is 13.1. The van der Waals surface area contributed by atoms with E-state index in [0.717, 1.165) is 46.4 Å². The van der Waals surface area contributed by atoms with Crippen LogP contribution in [0.2, 0.25) is 5.02 Å². The smallest absolute Gasteiger partial charge is 0.271 e. The van der Waals surface area contributed by atoms with Crippen LogP contribution in [0.3, 0.4) is 0 Å². The molecule has 1 aromatic heterocycles. The SMILES string of the molecule is O=C(NCc1ccc([C@H]2O[C@@H](CN3CCC(O)(c4ccc(Cl)cc4)CC3)C[C@@H](c3ccc(CO)cc3)O2)cc1)c1cnc2ccccc2n1. The van der Waals surface area contributed by atoms with Crippen molar-refractivity contribution in [1.82, 2.24) is 20.2 Å². The van der Waals surface area contributed by atoms with Crippen LogP contribution in [0.1, 0.15) is 70.0 Å². The highest BCUT2D eigenvalue weighted by Crippen LogP contribution is 2.39. The minimum absolute atomic E-state index is 0.0139. The summed E-state index contributed by atoms with van der Waals surface area (Å²) in [4.78, 5) is 24.0. The van der Waals surface area contributed by atoms with E-state index >= 15 is 0 Å². The van der Waals surface area contributed by atoms with Gasteiger partial charge in [-0.3, -0.25) is 9.78 Å². The van der Waals surface area contributed by atoms with Crippen molar-refractivity contribution in [3.8, 4) is 0 Å². The number of ether oxygens (including phenoxy) is 2. The maximum atomic E-state index is 12.8. The molecule has 10 heteroatoms. The van der Waals surface area contributed by atoms with Crippen LogP contribution in [-0.4, -0.2) is 56.7 Å². The molecule has 1 amide bonds. The lowest BCUT2D eigenvalue weighted by Gasteiger charge is -2.42. The molecule has 0 spiro atoms. The molecule has 0 saturated carbocycles. The Morgan fingerprint density at radius 2 is 1.55 bits per heavy atom. The Bertz CT molecular complexity index is 1880. The summed E-state index contributed by atoms with van der Waals surface area (Å²) in [6, 6.07) is 30.7. The van der Waals surface area contributed by atoms with Crippen molar-refractivity contribution in [2.75, 3.05) is 19.6 Å². The zero-order valence-electron chi connectivity index (χ0n) is 27.0. The number of hydrogen-bond acceptors (Lipinski definition) is 8. The molecule has 5 aromatic rings. The standard InChI is InChI=1S/C39H39ClN4O5/c40-31-15-13-30(14-16-31)39(47)17-19-44(20-18-39)24-32-21-36(28-9-7-27(25-45)8-10-28)49-38(48-32)29-11-5-26(6-12-29)22-42-37(46)35-23-41-33-3-1-2-4-34(33)43-35/h1-16,23,32,36,38,45,47H,17-22,24-25H2,(H,42,46)/t32-,36+,38+/m1/s1. The summed E-state index contributed by atoms with van der Waals surface area (Å²) >= 11 is 6.08. The lowest BCUT2D eigenvalue weighted by molar-refractivity contribution is -0.253. The number of aliphatic hydroxyl groups excluding tert-OH is 1. The first-order valence-corrected chi connectivity index (χ1v) is 17.0. The Morgan fingerprint density at radius 1 is 0.878 bits per heavy atom. The number of para-hydroxylation sites is 2. The molecule has 4 aromatic carbocycles. The molecule has 3 heterocycles. The lowest BCUT2D eigenvalue weighted by atomic mass is 9.84. The van der Waals surface area contributed by atoms with E-state index in [4.69, 9.17) is 21.1 Å². The molecule has 2 aliphatic heterocycles. The molecule has 2 fully saturated rings. The average Bonchev–Trinajstić information content (AvgIpc) is 3.15. The monoisotopic (exact) mass is 678 g/mol. The zero-order valence-corrected chi connectivity index (χ0v) is 27.8. The number of rotatable bonds is 9. The van der Waals surface area contributed by atoms with E-state index in [1.54, 1.807) is 0 Å². The minimum atomic E-state index is -0.874. The van der Waals surface area contributed by atoms with Crippen molar-refractivity contribution in [3.05, 3.63) is 142 Å². The van der Waals surface area contributed by atoms with E-state index < -0.39 is 11.9 Å². The number of benzene rings is 4. The van der Waals surface area contributed by atoms with Crippen LogP contribution >= 0.6 is 11.6 Å². The number of piperidine rings is 1. The van der Waals surface area contributed by atoms with Crippen molar-refractivity contribution < 1.29 is 24.5 Å². The van der Waals surface area contributed by atoms with E-state index in [-0.39, 0.29) is 30.4 Å². The molecule has 0 bridgehead atoms. The minimum Gasteiger partial charge on any atom is -0.392 e. The highest BCUT2D eigenvalue weighted by atomic mass is 35.5. The number of carbonyl (C=O) groups is 1. The molecule has 0 radical (unpaired) electrons. The fourth-order valence-corrected chi connectivity index (χ4v) is 6.73. The van der Waals surface area contributed by atoms with Gasteiger partial charge in [0.2, 0.25) is 0 Å². The summed E-state index contributed by atoms with van der Waals surface area (Å²) in [6.07, 6.45) is 2.52. The number of aromatic nitrogens is 2. The van der Waals surface area contributed by atoms with Gasteiger partial charge in [0, 0.05) is 43.2 Å². The summed E-state index contributed by atoms with van der Waals surface area (Å²) in [5.41, 5.74) is 5.40. The van der Waals surface area contributed by atoms with Crippen molar-refractivity contribution in [3.63, 3.8) is 0 Å². The molecular weight excluding hydrogens is 640 g/mol. The number of hydrogen-bond donors (Lipinski definition) is 3. The van der Waals surface area contributed by atoms with E-state index in [2.05, 4.69) is 20.2 Å². The molecule has 7 rings (SSSR count). The Morgan fingerprint density at radius 3 is 2.27 bits per heavy atom. The number of fused-ring (bicyclic) bond motifs is 1. The molecule has 252 valence electrons. The van der Waals surface area contributed by atoms with Crippen LogP contribution in [0.15, 0.2) is 103 Å². The van der Waals surface area contributed by atoms with Gasteiger partial charge in [-0.2, -0.15) is 0 Å². The number of halogens is 1. The highest BCUT2D eigenvalue weighted by Gasteiger charge is 2.37. The number of nitrogens with zero attached hydrogens (tertiary/aromatic N) is 3. The topological polar surface area (TPSA) is 117 Å². The third-order valence-electron chi connectivity index (χ3n) is 9.53. The molecule has 2 saturated heterocycles. The van der Waals surface area contributed by atoms with Gasteiger partial charge < -0.3 is 29.9 Å². The summed E-state index contributed by atoms with van der Waals surface area (Å²) in [5.74, 6) is -0.288. The van der Waals surface area contributed by atoms with Crippen molar-refractivity contribution in [2.24, 2.45) is 0 Å². The van der Waals surface area contributed by atoms with Crippen molar-refractivity contribution in [1.29, 1.82) is 0 Å². The summed E-state index contributed by atoms with van der Waals surface area (Å²) in [7, 11) is 0. The second kappa shape index (κ2) is 14.7. The Labute approximate surface area is 290 Å². The van der Waals surface area contributed by atoms with Crippen LogP contribution in [-0.2, 0) is 28.2 Å². The van der Waals surface area contributed by atoms with E-state index in [1.165, 1.54) is 6.20 Å². The van der Waals surface area contributed by atoms with Gasteiger partial charge in [0.25, 0.3) is 5.91 Å². The Hall–Kier alpha value is -4.22. The quantitative estimate of drug-likeness (QED) is 0.168. The van der Waals surface area contributed by atoms with Gasteiger partial charge in [-0.15, -0.1) is 0 Å². The van der Waals surface area contributed by atoms with Crippen LogP contribution < -0.4 is 5.32 Å². The first kappa shape index (κ1) is 33.3. The number of likely N-dealkylation sites (tertiary alicyclic amines) is 1. The maximum Gasteiger partial charge on any atom is 0.271 e. The first-order valence-electron chi connectivity index (χ1n) is 16.7. The highest BCUT2D eigenvalue weighted by molar-refractivity contribution is 6.30. The van der Waals surface area contributed by atoms with Gasteiger partial charge in [0.1, 0.15) is 5.69 Å². The van der Waals surface area contributed by atoms with Gasteiger partial charge in [-0.25, -0.2) is 4.98 Å². The van der Waals surface area contributed by atoms with Gasteiger partial charge >= 0.3 is 0 Å². The molecule has 3 N–H and O–H groups in total. The summed E-state index contributed by atoms with van der Waals surface area (Å²) in [6.45, 7) is 2.51. The van der Waals surface area contributed by atoms with Gasteiger partial charge in [0.15, 0.2) is 6.29 Å². The Balaban J connectivity index is 1.01. The second-order valence-corrected chi connectivity index (χ2v) is 13.3. The second-order valence-electron chi connectivity index (χ2n) is 12.9. The number of aliphatic hydroxyl groups is 2. The predicted molar refractivity (Wildman–Crippen MR) is 187 cm³/mol. The normalized spacial score (nSPS) is 21.0. The van der Waals surface area contributed by atoms with Gasteiger partial charge in [0.05, 0.1) is 41.6 Å². The van der Waals surface area contributed by atoms with Crippen LogP contribution in [0, 0.1) is 0 Å². The van der Waals surface area contributed by atoms with Crippen LogP contribution in [0.5, 0.6) is 0 Å². The van der Waals surface area contributed by atoms with E-state index in [9.17, 15) is 15.0 Å². The fraction of sp³-hybridized carbons (Fsp3) is 0.308. The molecule has 3 atom stereocenters. The number of nitrogens with one attached hydrogen (secondary N) is 1. The average molecular weight is 679 g/mol. The summed E-state index contributed by atoms with van der Waals surface area (Å²) in [5, 5.41) is 24.5. The number of carbonyl (C=O) groups excluding carboxylic acids is 1. The molecule has 2 aliphatic rings. The Kier molecular flexibility index (Phi) is 10.00. The largest absolute Gasteiger partial charge is 0.392 e. The third kappa shape index (κ3) is 7.83. The van der Waals surface area contributed by atoms with E-state index in [0.29, 0.717) is 42.9 Å². The van der Waals surface area contributed by atoms with E-state index in [1.807, 2.05) is 97.1 Å². The van der Waals surface area contributed by atoms with Crippen molar-refractivity contribution >= 4 is 28.5 Å². The predicted octanol–water partition coefficient (Wildman–Crippen LogP) is 6.23. The molecule has 0 unspecified atom stereocenters. The van der Waals surface area contributed by atoms with Gasteiger partial charge in [-0.05, 0) is 59.4 Å². The van der Waals surface area contributed by atoms with Crippen LogP contribution in [0.25, 0.3) is 11.0 Å². The zero-order chi connectivity index (χ0) is 33.8. The third-order valence-corrected chi connectivity index (χ3v) is 9.78. The fourth-order valence-electron chi connectivity index (χ4n) is 6.61. The maximum absolute atomic E-state index is 12.8. The molecular formula is C39H39ClN4O5. The van der Waals surface area contributed by atoms with Crippen molar-refractivity contribution in [2.45, 2.75) is 56.5 Å². The number of amides is 1. The first-order chi connectivity index (χ1) is 23.8. The molecule has 49 heavy (non-hydrogen) atoms. The van der Waals surface area contributed by atoms with Crippen LogP contribution in [0.4, 0.5) is 0 Å². The lowest BCUT2D eigenvalue weighted by Crippen LogP contribution is -2.46. The van der Waals surface area contributed by atoms with Gasteiger partial charge in [-0.1, -0.05) is 84.4 Å². The molecule has 9 nitrogen and oxygen atoms in total.